The monoisotopic (exact) mass is 317 g/mol. The second-order valence-corrected chi connectivity index (χ2v) is 5.75. The summed E-state index contributed by atoms with van der Waals surface area (Å²) in [7, 11) is 1.61. The molecule has 0 radical (unpaired) electrons. The van der Waals surface area contributed by atoms with E-state index in [1.807, 2.05) is 35.8 Å². The van der Waals surface area contributed by atoms with Gasteiger partial charge in [-0.05, 0) is 6.92 Å². The number of thioether (sulfide) groups is 1. The van der Waals surface area contributed by atoms with E-state index in [1.54, 1.807) is 13.2 Å². The number of carbonyl (C=O) groups is 1. The average molecular weight is 317 g/mol. The molecule has 5 nitrogen and oxygen atoms in total. The Bertz CT molecular complexity index is 650. The standard InChI is InChI=1S/C16H19N3O2S/c1-4-9-19-15(10-21-3)17-18-16(19)22-11-14(20)13-7-5-12(2)6-8-13/h4-8H,1,9-11H2,2-3H3. The van der Waals surface area contributed by atoms with Crippen LogP contribution in [0.3, 0.4) is 0 Å². The molecule has 0 aliphatic carbocycles. The minimum absolute atomic E-state index is 0.0754. The maximum atomic E-state index is 12.2. The van der Waals surface area contributed by atoms with E-state index >= 15 is 0 Å². The van der Waals surface area contributed by atoms with Gasteiger partial charge in [0.05, 0.1) is 5.75 Å². The van der Waals surface area contributed by atoms with Crippen LogP contribution in [0.15, 0.2) is 42.1 Å². The molecule has 0 aliphatic heterocycles. The lowest BCUT2D eigenvalue weighted by molar-refractivity contribution is 0.102. The fourth-order valence-corrected chi connectivity index (χ4v) is 2.79. The van der Waals surface area contributed by atoms with Gasteiger partial charge in [-0.1, -0.05) is 47.7 Å². The van der Waals surface area contributed by atoms with Crippen molar-refractivity contribution in [1.29, 1.82) is 0 Å². The van der Waals surface area contributed by atoms with Gasteiger partial charge in [0, 0.05) is 19.2 Å². The Kier molecular flexibility index (Phi) is 5.91. The van der Waals surface area contributed by atoms with Crippen molar-refractivity contribution < 1.29 is 9.53 Å². The molecule has 1 heterocycles. The number of Topliss-reactive ketones (excluding diaryl/α,β-unsaturated/α-hetero) is 1. The number of aryl methyl sites for hydroxylation is 1. The summed E-state index contributed by atoms with van der Waals surface area (Å²) >= 11 is 1.38. The van der Waals surface area contributed by atoms with E-state index in [2.05, 4.69) is 16.8 Å². The summed E-state index contributed by atoms with van der Waals surface area (Å²) in [5, 5.41) is 8.93. The van der Waals surface area contributed by atoms with E-state index in [0.29, 0.717) is 29.6 Å². The Morgan fingerprint density at radius 2 is 2.09 bits per heavy atom. The van der Waals surface area contributed by atoms with Gasteiger partial charge in [-0.2, -0.15) is 0 Å². The van der Waals surface area contributed by atoms with Crippen molar-refractivity contribution >= 4 is 17.5 Å². The zero-order valence-electron chi connectivity index (χ0n) is 12.8. The van der Waals surface area contributed by atoms with Crippen molar-refractivity contribution in [1.82, 2.24) is 14.8 Å². The van der Waals surface area contributed by atoms with Crippen LogP contribution in [0.5, 0.6) is 0 Å². The third kappa shape index (κ3) is 4.05. The normalized spacial score (nSPS) is 10.6. The first-order valence-electron chi connectivity index (χ1n) is 6.90. The first-order chi connectivity index (χ1) is 10.7. The zero-order chi connectivity index (χ0) is 15.9. The highest BCUT2D eigenvalue weighted by Crippen LogP contribution is 2.19. The molecule has 6 heteroatoms. The molecule has 0 aliphatic rings. The van der Waals surface area contributed by atoms with Crippen LogP contribution in [-0.4, -0.2) is 33.4 Å². The van der Waals surface area contributed by atoms with E-state index < -0.39 is 0 Å². The predicted molar refractivity (Wildman–Crippen MR) is 87.2 cm³/mol. The summed E-state index contributed by atoms with van der Waals surface area (Å²) in [4.78, 5) is 12.2. The lowest BCUT2D eigenvalue weighted by Crippen LogP contribution is -2.07. The van der Waals surface area contributed by atoms with Gasteiger partial charge in [-0.3, -0.25) is 4.79 Å². The number of allylic oxidation sites excluding steroid dienone is 1. The molecule has 0 saturated heterocycles. The minimum Gasteiger partial charge on any atom is -0.377 e. The first kappa shape index (κ1) is 16.5. The highest BCUT2D eigenvalue weighted by molar-refractivity contribution is 7.99. The summed E-state index contributed by atoms with van der Waals surface area (Å²) in [5.74, 6) is 1.13. The molecule has 1 aromatic carbocycles. The average Bonchev–Trinajstić information content (AvgIpc) is 2.89. The summed E-state index contributed by atoms with van der Waals surface area (Å²) in [6.07, 6.45) is 1.77. The lowest BCUT2D eigenvalue weighted by atomic mass is 10.1. The molecule has 0 unspecified atom stereocenters. The maximum Gasteiger partial charge on any atom is 0.192 e. The SMILES string of the molecule is C=CCn1c(COC)nnc1SCC(=O)c1ccc(C)cc1. The van der Waals surface area contributed by atoms with Crippen LogP contribution in [-0.2, 0) is 17.9 Å². The molecular weight excluding hydrogens is 298 g/mol. The molecule has 0 bridgehead atoms. The zero-order valence-corrected chi connectivity index (χ0v) is 13.6. The Morgan fingerprint density at radius 1 is 1.36 bits per heavy atom. The summed E-state index contributed by atoms with van der Waals surface area (Å²) < 4.78 is 7.01. The van der Waals surface area contributed by atoms with Gasteiger partial charge in [0.25, 0.3) is 0 Å². The Hall–Kier alpha value is -1.92. The van der Waals surface area contributed by atoms with Crippen molar-refractivity contribution in [3.63, 3.8) is 0 Å². The van der Waals surface area contributed by atoms with Crippen molar-refractivity contribution in [3.05, 3.63) is 53.9 Å². The second kappa shape index (κ2) is 7.91. The number of rotatable bonds is 8. The highest BCUT2D eigenvalue weighted by Gasteiger charge is 2.14. The van der Waals surface area contributed by atoms with Gasteiger partial charge in [0.2, 0.25) is 0 Å². The molecule has 0 amide bonds. The van der Waals surface area contributed by atoms with E-state index in [0.717, 1.165) is 11.4 Å². The number of methoxy groups -OCH3 is 1. The summed E-state index contributed by atoms with van der Waals surface area (Å²) in [5.41, 5.74) is 1.85. The minimum atomic E-state index is 0.0754. The molecule has 0 atom stereocenters. The van der Waals surface area contributed by atoms with Crippen molar-refractivity contribution in [2.24, 2.45) is 0 Å². The molecule has 116 valence electrons. The Balaban J connectivity index is 2.05. The van der Waals surface area contributed by atoms with E-state index in [1.165, 1.54) is 11.8 Å². The smallest absolute Gasteiger partial charge is 0.192 e. The number of ketones is 1. The van der Waals surface area contributed by atoms with Crippen LogP contribution in [0.4, 0.5) is 0 Å². The van der Waals surface area contributed by atoms with E-state index in [9.17, 15) is 4.79 Å². The van der Waals surface area contributed by atoms with Crippen molar-refractivity contribution in [2.75, 3.05) is 12.9 Å². The van der Waals surface area contributed by atoms with Crippen LogP contribution in [0.1, 0.15) is 21.7 Å². The Morgan fingerprint density at radius 3 is 2.73 bits per heavy atom. The topological polar surface area (TPSA) is 57.0 Å². The molecule has 0 saturated carbocycles. The molecule has 0 fully saturated rings. The second-order valence-electron chi connectivity index (χ2n) is 4.81. The van der Waals surface area contributed by atoms with Crippen LogP contribution < -0.4 is 0 Å². The van der Waals surface area contributed by atoms with E-state index in [-0.39, 0.29) is 5.78 Å². The van der Waals surface area contributed by atoms with Gasteiger partial charge in [-0.25, -0.2) is 0 Å². The van der Waals surface area contributed by atoms with Gasteiger partial charge < -0.3 is 9.30 Å². The van der Waals surface area contributed by atoms with Gasteiger partial charge in [-0.15, -0.1) is 16.8 Å². The van der Waals surface area contributed by atoms with Gasteiger partial charge in [0.1, 0.15) is 6.61 Å². The molecule has 1 aromatic heterocycles. The number of carbonyl (C=O) groups excluding carboxylic acids is 1. The number of benzene rings is 1. The molecule has 0 N–H and O–H groups in total. The van der Waals surface area contributed by atoms with Gasteiger partial charge in [0.15, 0.2) is 16.8 Å². The van der Waals surface area contributed by atoms with Crippen molar-refractivity contribution in [3.8, 4) is 0 Å². The maximum absolute atomic E-state index is 12.2. The number of hydrogen-bond acceptors (Lipinski definition) is 5. The third-order valence-electron chi connectivity index (χ3n) is 3.08. The van der Waals surface area contributed by atoms with Gasteiger partial charge >= 0.3 is 0 Å². The van der Waals surface area contributed by atoms with Crippen LogP contribution in [0, 0.1) is 6.92 Å². The largest absolute Gasteiger partial charge is 0.377 e. The fraction of sp³-hybridized carbons (Fsp3) is 0.312. The van der Waals surface area contributed by atoms with Crippen LogP contribution in [0.25, 0.3) is 0 Å². The van der Waals surface area contributed by atoms with Crippen LogP contribution in [0.2, 0.25) is 0 Å². The first-order valence-corrected chi connectivity index (χ1v) is 7.89. The summed E-state index contributed by atoms with van der Waals surface area (Å²) in [6.45, 7) is 6.71. The van der Waals surface area contributed by atoms with Crippen LogP contribution >= 0.6 is 11.8 Å². The summed E-state index contributed by atoms with van der Waals surface area (Å²) in [6, 6.07) is 7.58. The number of aromatic nitrogens is 3. The molecular formula is C16H19N3O2S. The number of nitrogens with zero attached hydrogens (tertiary/aromatic N) is 3. The number of ether oxygens (including phenoxy) is 1. The molecule has 22 heavy (non-hydrogen) atoms. The third-order valence-corrected chi connectivity index (χ3v) is 4.05. The molecule has 2 aromatic rings. The number of hydrogen-bond donors (Lipinski definition) is 0. The van der Waals surface area contributed by atoms with E-state index in [4.69, 9.17) is 4.74 Å². The highest BCUT2D eigenvalue weighted by atomic mass is 32.2. The fourth-order valence-electron chi connectivity index (χ4n) is 1.93. The lowest BCUT2D eigenvalue weighted by Gasteiger charge is -2.06. The quantitative estimate of drug-likeness (QED) is 0.426. The Labute approximate surface area is 134 Å². The van der Waals surface area contributed by atoms with Crippen molar-refractivity contribution in [2.45, 2.75) is 25.2 Å². The molecule has 2 rings (SSSR count). The predicted octanol–water partition coefficient (Wildman–Crippen LogP) is 2.89. The molecule has 0 spiro atoms.